The fraction of sp³-hybridized carbons (Fsp3) is 0.500. The minimum absolute atomic E-state index is 0.442. The highest BCUT2D eigenvalue weighted by Gasteiger charge is 2.12. The van der Waals surface area contributed by atoms with E-state index in [4.69, 9.17) is 5.73 Å². The minimum Gasteiger partial charge on any atom is -0.468 e. The molecule has 0 saturated carbocycles. The maximum atomic E-state index is 10.5. The third kappa shape index (κ3) is 2.28. The highest BCUT2D eigenvalue weighted by atomic mass is 16.5. The Kier molecular flexibility index (Phi) is 2.95. The van der Waals surface area contributed by atoms with Crippen molar-refractivity contribution < 1.29 is 9.53 Å². The molecule has 3 heteroatoms. The van der Waals surface area contributed by atoms with Gasteiger partial charge in [0.2, 0.25) is 0 Å². The molecule has 0 bridgehead atoms. The Bertz CT molecular complexity index is 131. The fourth-order valence-corrected chi connectivity index (χ4v) is 0.328. The van der Waals surface area contributed by atoms with Crippen molar-refractivity contribution in [3.63, 3.8) is 0 Å². The van der Waals surface area contributed by atoms with Gasteiger partial charge in [-0.2, -0.15) is 0 Å². The number of carbonyl (C=O) groups is 1. The van der Waals surface area contributed by atoms with Crippen LogP contribution in [0.15, 0.2) is 12.2 Å². The molecule has 0 radical (unpaired) electrons. The summed E-state index contributed by atoms with van der Waals surface area (Å²) in [6.07, 6.45) is 0. The van der Waals surface area contributed by atoms with E-state index < -0.39 is 12.0 Å². The Morgan fingerprint density at radius 3 is 2.33 bits per heavy atom. The predicted octanol–water partition coefficient (Wildman–Crippen LogP) is 0.0628. The number of hydrogen-bond donors (Lipinski definition) is 1. The van der Waals surface area contributed by atoms with Crippen LogP contribution in [0.3, 0.4) is 0 Å². The Morgan fingerprint density at radius 2 is 2.22 bits per heavy atom. The van der Waals surface area contributed by atoms with E-state index in [1.807, 2.05) is 0 Å². The zero-order valence-electron chi connectivity index (χ0n) is 5.68. The number of carbonyl (C=O) groups excluding carboxylic acids is 1. The van der Waals surface area contributed by atoms with Gasteiger partial charge >= 0.3 is 5.97 Å². The van der Waals surface area contributed by atoms with Crippen LogP contribution in [0.4, 0.5) is 0 Å². The largest absolute Gasteiger partial charge is 0.468 e. The lowest BCUT2D eigenvalue weighted by Crippen LogP contribution is -2.32. The van der Waals surface area contributed by atoms with Gasteiger partial charge in [-0.15, -0.1) is 0 Å². The van der Waals surface area contributed by atoms with E-state index in [0.29, 0.717) is 5.57 Å². The van der Waals surface area contributed by atoms with Crippen LogP contribution in [-0.2, 0) is 9.53 Å². The first kappa shape index (κ1) is 8.17. The zero-order chi connectivity index (χ0) is 7.44. The van der Waals surface area contributed by atoms with Gasteiger partial charge in [-0.05, 0) is 6.92 Å². The van der Waals surface area contributed by atoms with Crippen LogP contribution in [0.5, 0.6) is 0 Å². The van der Waals surface area contributed by atoms with Crippen molar-refractivity contribution in [3.05, 3.63) is 12.2 Å². The molecule has 0 rings (SSSR count). The van der Waals surface area contributed by atoms with Crippen LogP contribution >= 0.6 is 0 Å². The van der Waals surface area contributed by atoms with Gasteiger partial charge in [0, 0.05) is 0 Å². The summed E-state index contributed by atoms with van der Waals surface area (Å²) in [5.41, 5.74) is 5.91. The summed E-state index contributed by atoms with van der Waals surface area (Å²) < 4.78 is 4.35. The van der Waals surface area contributed by atoms with Crippen LogP contribution in [0.1, 0.15) is 6.92 Å². The molecule has 0 aliphatic rings. The van der Waals surface area contributed by atoms with Gasteiger partial charge in [-0.3, -0.25) is 4.79 Å². The summed E-state index contributed by atoms with van der Waals surface area (Å²) in [4.78, 5) is 10.5. The molecule has 1 atom stereocenters. The Hall–Kier alpha value is -0.830. The van der Waals surface area contributed by atoms with Crippen LogP contribution in [0, 0.1) is 0 Å². The van der Waals surface area contributed by atoms with Crippen LogP contribution in [-0.4, -0.2) is 19.1 Å². The average Bonchev–Trinajstić information content (AvgIpc) is 1.84. The van der Waals surface area contributed by atoms with Gasteiger partial charge in [0.25, 0.3) is 0 Å². The van der Waals surface area contributed by atoms with Gasteiger partial charge < -0.3 is 10.5 Å². The summed E-state index contributed by atoms with van der Waals surface area (Å²) in [6.45, 7) is 5.18. The van der Waals surface area contributed by atoms with Crippen molar-refractivity contribution in [2.45, 2.75) is 13.0 Å². The predicted molar refractivity (Wildman–Crippen MR) is 34.8 cm³/mol. The molecule has 0 aromatic rings. The topological polar surface area (TPSA) is 52.3 Å². The molecule has 0 saturated heterocycles. The van der Waals surface area contributed by atoms with E-state index in [0.717, 1.165) is 0 Å². The fourth-order valence-electron chi connectivity index (χ4n) is 0.328. The molecule has 9 heavy (non-hydrogen) atoms. The van der Waals surface area contributed by atoms with Gasteiger partial charge in [-0.1, -0.05) is 12.2 Å². The molecule has 0 aromatic carbocycles. The molecule has 0 fully saturated rings. The molecule has 0 unspecified atom stereocenters. The van der Waals surface area contributed by atoms with Crippen molar-refractivity contribution >= 4 is 5.97 Å². The highest BCUT2D eigenvalue weighted by Crippen LogP contribution is 1.94. The monoisotopic (exact) mass is 129 g/mol. The van der Waals surface area contributed by atoms with Crippen LogP contribution < -0.4 is 5.73 Å². The summed E-state index contributed by atoms with van der Waals surface area (Å²) in [5.74, 6) is -0.442. The third-order valence-electron chi connectivity index (χ3n) is 0.986. The first-order chi connectivity index (χ1) is 4.09. The van der Waals surface area contributed by atoms with Gasteiger partial charge in [0.05, 0.1) is 7.11 Å². The molecular weight excluding hydrogens is 118 g/mol. The quantitative estimate of drug-likeness (QED) is 0.424. The Morgan fingerprint density at radius 1 is 1.78 bits per heavy atom. The van der Waals surface area contributed by atoms with Crippen LogP contribution in [0.2, 0.25) is 0 Å². The molecule has 0 aliphatic heterocycles. The number of nitrogens with two attached hydrogens (primary N) is 1. The van der Waals surface area contributed by atoms with Gasteiger partial charge in [0.1, 0.15) is 6.04 Å². The highest BCUT2D eigenvalue weighted by molar-refractivity contribution is 5.78. The molecule has 0 amide bonds. The third-order valence-corrected chi connectivity index (χ3v) is 0.986. The van der Waals surface area contributed by atoms with Crippen molar-refractivity contribution in [1.82, 2.24) is 0 Å². The summed E-state index contributed by atoms with van der Waals surface area (Å²) in [5, 5.41) is 0. The smallest absolute Gasteiger partial charge is 0.326 e. The Balaban J connectivity index is 3.88. The molecule has 2 N–H and O–H groups in total. The van der Waals surface area contributed by atoms with E-state index >= 15 is 0 Å². The molecule has 52 valence electrons. The molecule has 0 spiro atoms. The lowest BCUT2D eigenvalue weighted by Gasteiger charge is -2.06. The summed E-state index contributed by atoms with van der Waals surface area (Å²) in [7, 11) is 1.30. The first-order valence-corrected chi connectivity index (χ1v) is 2.58. The molecule has 0 aromatic heterocycles. The van der Waals surface area contributed by atoms with Crippen molar-refractivity contribution in [3.8, 4) is 0 Å². The van der Waals surface area contributed by atoms with Crippen LogP contribution in [0.25, 0.3) is 0 Å². The molecule has 0 aliphatic carbocycles. The van der Waals surface area contributed by atoms with Gasteiger partial charge in [-0.25, -0.2) is 0 Å². The lowest BCUT2D eigenvalue weighted by molar-refractivity contribution is -0.141. The second-order valence-electron chi connectivity index (χ2n) is 1.85. The van der Waals surface area contributed by atoms with E-state index in [2.05, 4.69) is 11.3 Å². The second kappa shape index (κ2) is 3.25. The average molecular weight is 129 g/mol. The molecule has 3 nitrogen and oxygen atoms in total. The maximum Gasteiger partial charge on any atom is 0.326 e. The maximum absolute atomic E-state index is 10.5. The van der Waals surface area contributed by atoms with Gasteiger partial charge in [0.15, 0.2) is 0 Å². The number of esters is 1. The molecular formula is C6H11NO2. The van der Waals surface area contributed by atoms with Crippen molar-refractivity contribution in [2.75, 3.05) is 7.11 Å². The number of methoxy groups -OCH3 is 1. The summed E-state index contributed by atoms with van der Waals surface area (Å²) >= 11 is 0. The van der Waals surface area contributed by atoms with E-state index in [1.165, 1.54) is 7.11 Å². The van der Waals surface area contributed by atoms with Crippen molar-refractivity contribution in [2.24, 2.45) is 5.73 Å². The molecule has 0 heterocycles. The standard InChI is InChI=1S/C6H11NO2/c1-4(2)5(7)6(8)9-3/h5H,1,7H2,2-3H3/t5-/m0/s1. The van der Waals surface area contributed by atoms with E-state index in [-0.39, 0.29) is 0 Å². The summed E-state index contributed by atoms with van der Waals surface area (Å²) in [6, 6.07) is -0.671. The number of hydrogen-bond acceptors (Lipinski definition) is 3. The number of ether oxygens (including phenoxy) is 1. The minimum atomic E-state index is -0.671. The second-order valence-corrected chi connectivity index (χ2v) is 1.85. The SMILES string of the molecule is C=C(C)[C@H](N)C(=O)OC. The zero-order valence-corrected chi connectivity index (χ0v) is 5.68. The lowest BCUT2D eigenvalue weighted by atomic mass is 10.2. The normalized spacial score (nSPS) is 12.3. The van der Waals surface area contributed by atoms with E-state index in [9.17, 15) is 4.79 Å². The Labute approximate surface area is 54.5 Å². The van der Waals surface area contributed by atoms with Crippen molar-refractivity contribution in [1.29, 1.82) is 0 Å². The van der Waals surface area contributed by atoms with E-state index in [1.54, 1.807) is 6.92 Å². The number of rotatable bonds is 2. The first-order valence-electron chi connectivity index (χ1n) is 2.58.